The second-order valence-electron chi connectivity index (χ2n) is 4.94. The van der Waals surface area contributed by atoms with E-state index in [1.165, 1.54) is 24.3 Å². The van der Waals surface area contributed by atoms with Crippen molar-refractivity contribution in [2.75, 3.05) is 11.9 Å². The van der Waals surface area contributed by atoms with E-state index in [1.54, 1.807) is 0 Å². The van der Waals surface area contributed by atoms with Gasteiger partial charge in [0.25, 0.3) is 0 Å². The molecule has 0 aromatic heterocycles. The van der Waals surface area contributed by atoms with Crippen LogP contribution in [0, 0.1) is 11.7 Å². The minimum Gasteiger partial charge on any atom is -0.394 e. The lowest BCUT2D eigenvalue weighted by Gasteiger charge is -2.17. The van der Waals surface area contributed by atoms with Crippen LogP contribution >= 0.6 is 0 Å². The van der Waals surface area contributed by atoms with E-state index in [0.717, 1.165) is 0 Å². The zero-order chi connectivity index (χ0) is 15.1. The molecule has 5 nitrogen and oxygen atoms in total. The highest BCUT2D eigenvalue weighted by atomic mass is 19.1. The Morgan fingerprint density at radius 2 is 1.80 bits per heavy atom. The van der Waals surface area contributed by atoms with Gasteiger partial charge in [-0.15, -0.1) is 0 Å². The zero-order valence-electron chi connectivity index (χ0n) is 11.5. The fourth-order valence-corrected chi connectivity index (χ4v) is 1.72. The largest absolute Gasteiger partial charge is 0.394 e. The third kappa shape index (κ3) is 5.36. The summed E-state index contributed by atoms with van der Waals surface area (Å²) < 4.78 is 12.7. The first-order valence-corrected chi connectivity index (χ1v) is 6.40. The normalized spacial score (nSPS) is 12.1. The van der Waals surface area contributed by atoms with E-state index >= 15 is 0 Å². The molecule has 0 saturated carbocycles. The van der Waals surface area contributed by atoms with Crippen LogP contribution in [0.25, 0.3) is 0 Å². The number of halogens is 1. The van der Waals surface area contributed by atoms with Crippen LogP contribution in [-0.2, 0) is 9.59 Å². The average Bonchev–Trinajstić information content (AvgIpc) is 2.39. The van der Waals surface area contributed by atoms with Gasteiger partial charge in [-0.1, -0.05) is 13.8 Å². The van der Waals surface area contributed by atoms with E-state index < -0.39 is 23.7 Å². The smallest absolute Gasteiger partial charge is 0.313 e. The molecule has 3 N–H and O–H groups in total. The van der Waals surface area contributed by atoms with Crippen LogP contribution < -0.4 is 10.6 Å². The molecule has 2 amide bonds. The molecule has 6 heteroatoms. The van der Waals surface area contributed by atoms with Gasteiger partial charge in [-0.2, -0.15) is 0 Å². The van der Waals surface area contributed by atoms with Crippen LogP contribution in [0.1, 0.15) is 20.3 Å². The van der Waals surface area contributed by atoms with Crippen molar-refractivity contribution in [1.82, 2.24) is 5.32 Å². The van der Waals surface area contributed by atoms with Gasteiger partial charge in [0.15, 0.2) is 0 Å². The summed E-state index contributed by atoms with van der Waals surface area (Å²) >= 11 is 0. The summed E-state index contributed by atoms with van der Waals surface area (Å²) in [6.45, 7) is 3.68. The molecular weight excluding hydrogens is 263 g/mol. The fourth-order valence-electron chi connectivity index (χ4n) is 1.72. The van der Waals surface area contributed by atoms with Gasteiger partial charge < -0.3 is 15.7 Å². The lowest BCUT2D eigenvalue weighted by atomic mass is 10.0. The van der Waals surface area contributed by atoms with E-state index in [9.17, 15) is 14.0 Å². The Morgan fingerprint density at radius 3 is 2.30 bits per heavy atom. The molecule has 0 aliphatic heterocycles. The lowest BCUT2D eigenvalue weighted by molar-refractivity contribution is -0.136. The molecule has 0 fully saturated rings. The number of carbonyl (C=O) groups is 2. The number of amides is 2. The Hall–Kier alpha value is -1.95. The number of nitrogens with one attached hydrogen (secondary N) is 2. The van der Waals surface area contributed by atoms with Gasteiger partial charge in [-0.05, 0) is 36.6 Å². The monoisotopic (exact) mass is 282 g/mol. The van der Waals surface area contributed by atoms with Crippen LogP contribution in [0.5, 0.6) is 0 Å². The number of anilines is 1. The van der Waals surface area contributed by atoms with Crippen molar-refractivity contribution in [2.24, 2.45) is 5.92 Å². The van der Waals surface area contributed by atoms with Crippen LogP contribution in [-0.4, -0.2) is 29.6 Å². The van der Waals surface area contributed by atoms with Gasteiger partial charge in [0.05, 0.1) is 12.6 Å². The SMILES string of the molecule is CC(C)CC(CO)NC(=O)C(=O)Nc1ccc(F)cc1. The highest BCUT2D eigenvalue weighted by Gasteiger charge is 2.19. The van der Waals surface area contributed by atoms with Crippen molar-refractivity contribution < 1.29 is 19.1 Å². The first-order chi connectivity index (χ1) is 9.42. The Morgan fingerprint density at radius 1 is 1.20 bits per heavy atom. The van der Waals surface area contributed by atoms with Crippen molar-refractivity contribution >= 4 is 17.5 Å². The molecule has 1 aromatic carbocycles. The highest BCUT2D eigenvalue weighted by molar-refractivity contribution is 6.39. The third-order valence-electron chi connectivity index (χ3n) is 2.62. The van der Waals surface area contributed by atoms with Gasteiger partial charge >= 0.3 is 11.8 Å². The number of aliphatic hydroxyl groups excluding tert-OH is 1. The second-order valence-corrected chi connectivity index (χ2v) is 4.94. The molecule has 0 bridgehead atoms. The van der Waals surface area contributed by atoms with E-state index in [2.05, 4.69) is 10.6 Å². The molecule has 0 aliphatic rings. The van der Waals surface area contributed by atoms with Gasteiger partial charge in [-0.3, -0.25) is 9.59 Å². The predicted octanol–water partition coefficient (Wildman–Crippen LogP) is 1.29. The maximum absolute atomic E-state index is 12.7. The minimum atomic E-state index is -0.848. The molecular formula is C14H19FN2O3. The molecule has 0 aliphatic carbocycles. The first-order valence-electron chi connectivity index (χ1n) is 6.40. The molecule has 0 saturated heterocycles. The quantitative estimate of drug-likeness (QED) is 0.712. The summed E-state index contributed by atoms with van der Waals surface area (Å²) in [6, 6.07) is 4.63. The molecule has 0 heterocycles. The molecule has 1 atom stereocenters. The van der Waals surface area contributed by atoms with Gasteiger partial charge in [0.2, 0.25) is 0 Å². The molecule has 0 spiro atoms. The van der Waals surface area contributed by atoms with E-state index in [1.807, 2.05) is 13.8 Å². The van der Waals surface area contributed by atoms with Gasteiger partial charge in [0.1, 0.15) is 5.82 Å². The molecule has 1 aromatic rings. The van der Waals surface area contributed by atoms with E-state index in [0.29, 0.717) is 12.1 Å². The Balaban J connectivity index is 2.54. The van der Waals surface area contributed by atoms with Crippen molar-refractivity contribution in [3.05, 3.63) is 30.1 Å². The number of hydrogen-bond acceptors (Lipinski definition) is 3. The fraction of sp³-hybridized carbons (Fsp3) is 0.429. The van der Waals surface area contributed by atoms with Crippen molar-refractivity contribution in [1.29, 1.82) is 0 Å². The van der Waals surface area contributed by atoms with E-state index in [-0.39, 0.29) is 12.5 Å². The topological polar surface area (TPSA) is 78.4 Å². The average molecular weight is 282 g/mol. The number of aliphatic hydroxyl groups is 1. The van der Waals surface area contributed by atoms with E-state index in [4.69, 9.17) is 5.11 Å². The number of carbonyl (C=O) groups excluding carboxylic acids is 2. The molecule has 1 rings (SSSR count). The summed E-state index contributed by atoms with van der Waals surface area (Å²) in [4.78, 5) is 23.3. The molecule has 20 heavy (non-hydrogen) atoms. The maximum Gasteiger partial charge on any atom is 0.313 e. The Bertz CT molecular complexity index is 460. The Kier molecular flexibility index (Phi) is 6.11. The standard InChI is InChI=1S/C14H19FN2O3/c1-9(2)7-12(8-18)17-14(20)13(19)16-11-5-3-10(15)4-6-11/h3-6,9,12,18H,7-8H2,1-2H3,(H,16,19)(H,17,20). The van der Waals surface area contributed by atoms with Crippen LogP contribution in [0.3, 0.4) is 0 Å². The second kappa shape index (κ2) is 7.59. The van der Waals surface area contributed by atoms with Gasteiger partial charge in [0, 0.05) is 5.69 Å². The summed E-state index contributed by atoms with van der Waals surface area (Å²) in [6.07, 6.45) is 0.575. The first kappa shape index (κ1) is 16.1. The lowest BCUT2D eigenvalue weighted by Crippen LogP contribution is -2.44. The third-order valence-corrected chi connectivity index (χ3v) is 2.62. The summed E-state index contributed by atoms with van der Waals surface area (Å²) in [5.41, 5.74) is 0.330. The highest BCUT2D eigenvalue weighted by Crippen LogP contribution is 2.08. The predicted molar refractivity (Wildman–Crippen MR) is 73.5 cm³/mol. The summed E-state index contributed by atoms with van der Waals surface area (Å²) in [5.74, 6) is -1.81. The van der Waals surface area contributed by atoms with Crippen LogP contribution in [0.15, 0.2) is 24.3 Å². The number of rotatable bonds is 5. The van der Waals surface area contributed by atoms with Crippen molar-refractivity contribution in [3.63, 3.8) is 0 Å². The molecule has 0 radical (unpaired) electrons. The van der Waals surface area contributed by atoms with Gasteiger partial charge in [-0.25, -0.2) is 4.39 Å². The molecule has 110 valence electrons. The summed E-state index contributed by atoms with van der Waals surface area (Å²) in [7, 11) is 0. The van der Waals surface area contributed by atoms with Crippen molar-refractivity contribution in [3.8, 4) is 0 Å². The van der Waals surface area contributed by atoms with Crippen molar-refractivity contribution in [2.45, 2.75) is 26.3 Å². The maximum atomic E-state index is 12.7. The van der Waals surface area contributed by atoms with Crippen LogP contribution in [0.4, 0.5) is 10.1 Å². The number of benzene rings is 1. The minimum absolute atomic E-state index is 0.228. The molecule has 1 unspecified atom stereocenters. The summed E-state index contributed by atoms with van der Waals surface area (Å²) in [5, 5.41) is 13.9. The zero-order valence-corrected chi connectivity index (χ0v) is 11.5. The Labute approximate surface area is 117 Å². The van der Waals surface area contributed by atoms with Crippen LogP contribution in [0.2, 0.25) is 0 Å². The number of hydrogen-bond donors (Lipinski definition) is 3.